The van der Waals surface area contributed by atoms with Crippen LogP contribution in [0.5, 0.6) is 5.75 Å². The number of aromatic hydroxyl groups is 1. The number of fused-ring (bicyclic) bond motifs is 1. The topological polar surface area (TPSA) is 405 Å². The number of carboxylic acids is 1. The fourth-order valence-electron chi connectivity index (χ4n) is 11.3. The lowest BCUT2D eigenvalue weighted by molar-refractivity contribution is -0.146. The van der Waals surface area contributed by atoms with E-state index in [1.807, 2.05) is 6.92 Å². The number of thioether (sulfide) groups is 1. The molecule has 0 spiro atoms. The maximum atomic E-state index is 14.9. The van der Waals surface area contributed by atoms with Crippen molar-refractivity contribution < 1.29 is 67.7 Å². The Morgan fingerprint density at radius 1 is 0.670 bits per heavy atom. The highest BCUT2D eigenvalue weighted by molar-refractivity contribution is 7.99. The quantitative estimate of drug-likeness (QED) is 0.0167. The van der Waals surface area contributed by atoms with E-state index in [9.17, 15) is 63.0 Å². The second-order valence-corrected chi connectivity index (χ2v) is 26.9. The van der Waals surface area contributed by atoms with E-state index in [1.54, 1.807) is 86.8 Å². The van der Waals surface area contributed by atoms with Crippen LogP contribution in [0, 0.1) is 5.92 Å². The Labute approximate surface area is 589 Å². The summed E-state index contributed by atoms with van der Waals surface area (Å²) < 4.78 is 4.99. The molecule has 544 valence electrons. The van der Waals surface area contributed by atoms with Crippen LogP contribution in [-0.2, 0) is 76.7 Å². The van der Waals surface area contributed by atoms with Gasteiger partial charge in [-0.15, -0.1) is 0 Å². The number of nitrogens with one attached hydrogen (secondary N) is 9. The minimum absolute atomic E-state index is 0.0231. The fraction of sp³-hybridized carbons (Fsp3) is 0.493. The number of benzene rings is 3. The van der Waals surface area contributed by atoms with Gasteiger partial charge in [-0.2, -0.15) is 11.8 Å². The summed E-state index contributed by atoms with van der Waals surface area (Å²) in [5.41, 5.74) is 18.2. The van der Waals surface area contributed by atoms with E-state index in [1.165, 1.54) is 54.6 Å². The van der Waals surface area contributed by atoms with Crippen molar-refractivity contribution in [2.24, 2.45) is 17.4 Å². The number of aliphatic carboxylic acids is 1. The summed E-state index contributed by atoms with van der Waals surface area (Å²) in [5, 5.41) is 41.8. The van der Waals surface area contributed by atoms with Gasteiger partial charge in [0.2, 0.25) is 53.2 Å². The second kappa shape index (κ2) is 41.9. The highest BCUT2D eigenvalue weighted by atomic mass is 32.2. The van der Waals surface area contributed by atoms with E-state index < -0.39 is 138 Å². The van der Waals surface area contributed by atoms with Crippen molar-refractivity contribution in [2.45, 2.75) is 186 Å². The number of carboxylic acid groups (broad SMARTS) is 1. The number of phenols is 1. The van der Waals surface area contributed by atoms with E-state index in [4.69, 9.17) is 16.2 Å². The summed E-state index contributed by atoms with van der Waals surface area (Å²) in [6.45, 7) is 12.7. The number of amides is 9. The third kappa shape index (κ3) is 27.4. The number of para-hydroxylation sites is 1. The van der Waals surface area contributed by atoms with E-state index in [-0.39, 0.29) is 50.2 Å². The molecule has 2 heterocycles. The van der Waals surface area contributed by atoms with Gasteiger partial charge in [0.15, 0.2) is 0 Å². The number of carbonyl (C=O) groups excluding carboxylic acids is 10. The molecule has 1 fully saturated rings. The molecule has 5 rings (SSSR count). The molecule has 26 nitrogen and oxygen atoms in total. The molecule has 9 atom stereocenters. The number of aromatic amines is 1. The zero-order valence-corrected chi connectivity index (χ0v) is 59.4. The molecule has 1 aliphatic rings. The molecule has 1 saturated heterocycles. The summed E-state index contributed by atoms with van der Waals surface area (Å²) in [6.07, 6.45) is 12.3. The van der Waals surface area contributed by atoms with Gasteiger partial charge >= 0.3 is 11.9 Å². The molecule has 100 heavy (non-hydrogen) atoms. The molecule has 1 aromatic heterocycles. The van der Waals surface area contributed by atoms with Crippen LogP contribution in [0.3, 0.4) is 0 Å². The number of H-pyrrole nitrogens is 1. The monoisotopic (exact) mass is 1400 g/mol. The van der Waals surface area contributed by atoms with Gasteiger partial charge in [0.05, 0.1) is 26.1 Å². The van der Waals surface area contributed by atoms with Gasteiger partial charge in [0.1, 0.15) is 54.1 Å². The molecule has 15 N–H and O–H groups in total. The molecule has 4 aromatic rings. The number of hydrogen-bond acceptors (Lipinski definition) is 16. The number of aromatic nitrogens is 1. The Morgan fingerprint density at radius 3 is 1.94 bits per heavy atom. The van der Waals surface area contributed by atoms with E-state index >= 15 is 0 Å². The molecule has 9 amide bonds. The maximum absolute atomic E-state index is 14.9. The number of nitrogens with two attached hydrogens (primary N) is 2. The number of hydrogen-bond donors (Lipinski definition) is 13. The molecular weight excluding hydrogens is 1300 g/mol. The molecule has 0 radical (unpaired) electrons. The lowest BCUT2D eigenvalue weighted by Gasteiger charge is -2.30. The van der Waals surface area contributed by atoms with Crippen LogP contribution in [0.4, 0.5) is 0 Å². The van der Waals surface area contributed by atoms with Crippen LogP contribution in [0.25, 0.3) is 10.9 Å². The van der Waals surface area contributed by atoms with E-state index in [2.05, 4.69) is 86.5 Å². The predicted octanol–water partition coefficient (Wildman–Crippen LogP) is 4.33. The predicted molar refractivity (Wildman–Crippen MR) is 384 cm³/mol. The Bertz CT molecular complexity index is 3520. The van der Waals surface area contributed by atoms with Crippen molar-refractivity contribution in [2.75, 3.05) is 38.2 Å². The summed E-state index contributed by atoms with van der Waals surface area (Å²) in [6, 6.07) is 10.2. The Balaban J connectivity index is 1.28. The maximum Gasteiger partial charge on any atom is 0.329 e. The number of unbranched alkanes of at least 4 members (excludes halogenated alkanes) is 1. The van der Waals surface area contributed by atoms with Crippen molar-refractivity contribution in [3.05, 3.63) is 137 Å². The summed E-state index contributed by atoms with van der Waals surface area (Å²) in [4.78, 5) is 157. The van der Waals surface area contributed by atoms with Crippen molar-refractivity contribution in [3.8, 4) is 5.75 Å². The third-order valence-electron chi connectivity index (χ3n) is 17.0. The lowest BCUT2D eigenvalue weighted by Crippen LogP contribution is -2.61. The van der Waals surface area contributed by atoms with Gasteiger partial charge in [-0.1, -0.05) is 109 Å². The first-order valence-corrected chi connectivity index (χ1v) is 35.2. The highest BCUT2D eigenvalue weighted by Crippen LogP contribution is 2.23. The first kappa shape index (κ1) is 81.3. The Morgan fingerprint density at radius 2 is 1.28 bits per heavy atom. The number of esters is 1. The number of ether oxygens (including phenoxy) is 1. The van der Waals surface area contributed by atoms with Crippen LogP contribution < -0.4 is 54.0 Å². The first-order chi connectivity index (χ1) is 47.7. The molecule has 0 bridgehead atoms. The SMILES string of the molecule is COC(=O)[C@H](CSC/C=C(/C)CC/C=C(\C)CCC=C(C)C)NC(=O)[C@H](C)NC(=O)[C@@H]1CCCN1C(=O)[C@H](CC(=O)O)NC(=O)[C@H](Cc1c[nH]c2ccccc12)NC(=O)[C@H](Cc1ccccc1)NC(=O)[C@@H](NC(=O)CNC(=O)[C@H](CCCCN)NC(=O)[C@@H](N)Cc1ccc(O)cc1)C(C)C. The molecule has 27 heteroatoms. The molecular formula is C73H102N12O14S. The molecule has 0 saturated carbocycles. The number of likely N-dealkylation sites (tertiary alicyclic amines) is 1. The standard InChI is InChI=1S/C73H102N12O14S/c1-44(2)19-16-20-46(5)21-17-22-47(6)33-36-100-43-60(73(98)99-8)83-65(90)48(7)78-70(95)61-28-18-35-85(61)72(97)59(40-63(88)89)82-69(94)58(39-51-41-76-55-26-13-12-25-53(51)55)80-68(93)57(38-49-23-10-9-11-24-49)81-71(96)64(45(3)4)84-62(87)42-77-67(92)56(27-14-15-34-74)79-66(91)54(75)37-50-29-31-52(86)32-30-50/h9-13,19,21,23-26,29-33,41,45,48,54,56-61,64,76,86H,14-18,20,22,27-28,34-40,42-43,74-75H2,1-8H3,(H,77,92)(H,78,95)(H,79,91)(H,80,93)(H,81,96)(H,82,94)(H,83,90)(H,84,87)(H,88,89)/b46-21+,47-33-/t48-,54-,56-,57-,58-,59-,60-,61-,64-/m0/s1. The summed E-state index contributed by atoms with van der Waals surface area (Å²) >= 11 is 1.42. The van der Waals surface area contributed by atoms with Crippen LogP contribution in [0.2, 0.25) is 0 Å². The van der Waals surface area contributed by atoms with Crippen LogP contribution in [0.15, 0.2) is 120 Å². The molecule has 0 unspecified atom stereocenters. The van der Waals surface area contributed by atoms with Crippen LogP contribution in [0.1, 0.15) is 129 Å². The third-order valence-corrected chi connectivity index (χ3v) is 18.0. The molecule has 3 aromatic carbocycles. The minimum atomic E-state index is -1.79. The normalized spacial score (nSPS) is 15.5. The van der Waals surface area contributed by atoms with Crippen molar-refractivity contribution in [1.82, 2.24) is 52.4 Å². The highest BCUT2D eigenvalue weighted by Gasteiger charge is 2.41. The van der Waals surface area contributed by atoms with Crippen LogP contribution in [-0.4, -0.2) is 178 Å². The second-order valence-electron chi connectivity index (χ2n) is 25.9. The average Bonchev–Trinajstić information content (AvgIpc) is 1.62. The smallest absolute Gasteiger partial charge is 0.329 e. The van der Waals surface area contributed by atoms with E-state index in [0.717, 1.165) is 30.6 Å². The number of phenolic OH excluding ortho intramolecular Hbond substituents is 1. The minimum Gasteiger partial charge on any atom is -0.508 e. The van der Waals surface area contributed by atoms with Gasteiger partial charge in [-0.05, 0) is 146 Å². The van der Waals surface area contributed by atoms with Gasteiger partial charge in [0.25, 0.3) is 0 Å². The number of allylic oxidation sites excluding steroid dienone is 5. The van der Waals surface area contributed by atoms with Crippen molar-refractivity contribution in [3.63, 3.8) is 0 Å². The van der Waals surface area contributed by atoms with Crippen molar-refractivity contribution >= 4 is 87.8 Å². The zero-order valence-electron chi connectivity index (χ0n) is 58.6. The Hall–Kier alpha value is -9.34. The van der Waals surface area contributed by atoms with Gasteiger partial charge < -0.3 is 78.8 Å². The number of rotatable bonds is 41. The van der Waals surface area contributed by atoms with Gasteiger partial charge in [-0.3, -0.25) is 47.9 Å². The largest absolute Gasteiger partial charge is 0.508 e. The zero-order chi connectivity index (χ0) is 73.4. The van der Waals surface area contributed by atoms with Gasteiger partial charge in [0, 0.05) is 48.0 Å². The van der Waals surface area contributed by atoms with Gasteiger partial charge in [-0.25, -0.2) is 4.79 Å². The molecule has 1 aliphatic heterocycles. The Kier molecular flexibility index (Phi) is 34.1. The molecule has 0 aliphatic carbocycles. The summed E-state index contributed by atoms with van der Waals surface area (Å²) in [5.74, 6) is -9.18. The number of methoxy groups -OCH3 is 1. The lowest BCUT2D eigenvalue weighted by atomic mass is 9.99. The summed E-state index contributed by atoms with van der Waals surface area (Å²) in [7, 11) is 1.20. The fourth-order valence-corrected chi connectivity index (χ4v) is 12.2. The number of nitrogens with zero attached hydrogens (tertiary/aromatic N) is 1. The van der Waals surface area contributed by atoms with Crippen molar-refractivity contribution in [1.29, 1.82) is 0 Å². The van der Waals surface area contributed by atoms with Crippen LogP contribution >= 0.6 is 11.8 Å². The average molecular weight is 1400 g/mol. The first-order valence-electron chi connectivity index (χ1n) is 34.0. The number of carbonyl (C=O) groups is 11. The van der Waals surface area contributed by atoms with E-state index in [0.29, 0.717) is 59.2 Å².